The first-order valence-corrected chi connectivity index (χ1v) is 16.3. The van der Waals surface area contributed by atoms with Gasteiger partial charge in [-0.2, -0.15) is 0 Å². The summed E-state index contributed by atoms with van der Waals surface area (Å²) in [6.07, 6.45) is 3.67. The number of hydrogen-bond acceptors (Lipinski definition) is 18. The fourth-order valence-corrected chi connectivity index (χ4v) is 6.77. The Hall–Kier alpha value is -3.78. The molecule has 3 aromatic rings. The van der Waals surface area contributed by atoms with Gasteiger partial charge < -0.3 is 0 Å². The zero-order valence-corrected chi connectivity index (χ0v) is 24.1. The first-order chi connectivity index (χ1) is 20.9. The van der Waals surface area contributed by atoms with Crippen molar-refractivity contribution in [1.29, 1.82) is 0 Å². The summed E-state index contributed by atoms with van der Waals surface area (Å²) in [5.41, 5.74) is 5.76. The molecule has 0 amide bonds. The zero-order chi connectivity index (χ0) is 31.0. The number of H-pyrrole nitrogens is 1. The van der Waals surface area contributed by atoms with Gasteiger partial charge in [-0.3, -0.25) is 0 Å². The van der Waals surface area contributed by atoms with Gasteiger partial charge in [-0.05, 0) is 0 Å². The van der Waals surface area contributed by atoms with Gasteiger partial charge in [0.2, 0.25) is 0 Å². The number of nitrogens with one attached hydrogen (secondary N) is 3. The molecule has 1 saturated heterocycles. The maximum absolute atomic E-state index is 12.2. The van der Waals surface area contributed by atoms with Gasteiger partial charge in [0.15, 0.2) is 0 Å². The third-order valence-corrected chi connectivity index (χ3v) is 9.06. The van der Waals surface area contributed by atoms with Gasteiger partial charge in [-0.25, -0.2) is 0 Å². The van der Waals surface area contributed by atoms with Crippen LogP contribution in [0.1, 0.15) is 5.76 Å². The van der Waals surface area contributed by atoms with E-state index < -0.39 is 75.7 Å². The summed E-state index contributed by atoms with van der Waals surface area (Å²) in [5, 5.41) is 28.2. The Morgan fingerprint density at radius 2 is 1.95 bits per heavy atom. The molecule has 22 heteroatoms. The summed E-state index contributed by atoms with van der Waals surface area (Å²) in [6, 6.07) is 1.46. The van der Waals surface area contributed by atoms with Crippen molar-refractivity contribution in [1.82, 2.24) is 25.2 Å². The number of nitrogens with two attached hydrogens (primary N) is 1. The molecule has 0 radical (unpaired) electrons. The first-order valence-electron chi connectivity index (χ1n) is 12.9. The van der Waals surface area contributed by atoms with Crippen LogP contribution in [0.2, 0.25) is 0 Å². The molecule has 238 valence electrons. The molecule has 11 N–H and O–H groups in total. The molecule has 3 unspecified atom stereocenters. The molecular formula is C22H27N7O13P2. The van der Waals surface area contributed by atoms with Gasteiger partial charge in [-0.1, -0.05) is 0 Å². The van der Waals surface area contributed by atoms with E-state index in [4.69, 9.17) is 33.0 Å². The number of pyridine rings is 1. The molecule has 4 aliphatic rings. The van der Waals surface area contributed by atoms with E-state index in [0.29, 0.717) is 12.9 Å². The molecule has 0 aliphatic carbocycles. The van der Waals surface area contributed by atoms with Crippen molar-refractivity contribution in [2.75, 3.05) is 11.6 Å². The van der Waals surface area contributed by atoms with Gasteiger partial charge in [0.25, 0.3) is 0 Å². The number of ether oxygens (including phenoxy) is 1. The van der Waals surface area contributed by atoms with Crippen LogP contribution in [0.15, 0.2) is 57.9 Å². The van der Waals surface area contributed by atoms with Crippen LogP contribution in [0.25, 0.3) is 16.9 Å². The Labute approximate surface area is 246 Å². The Kier molecular flexibility index (Phi) is 6.85. The van der Waals surface area contributed by atoms with Gasteiger partial charge in [0.1, 0.15) is 0 Å². The summed E-state index contributed by atoms with van der Waals surface area (Å²) >= 11 is 0. The third-order valence-electron chi connectivity index (χ3n) is 7.16. The number of imidazole rings is 1. The molecule has 0 saturated carbocycles. The average molecular weight is 659 g/mol. The summed E-state index contributed by atoms with van der Waals surface area (Å²) in [7, 11) is -10.5. The number of aromatic nitrogens is 3. The third kappa shape index (κ3) is 4.87. The predicted molar refractivity (Wildman–Crippen MR) is 150 cm³/mol. The fourth-order valence-electron chi connectivity index (χ4n) is 5.12. The number of furan rings is 1. The van der Waals surface area contributed by atoms with Crippen LogP contribution in [0.5, 0.6) is 11.5 Å². The fraction of sp³-hybridized carbons (Fsp3) is 0.273. The molecule has 1 fully saturated rings. The molecular weight excluding hydrogens is 632 g/mol. The number of aromatic hydroxyl groups is 1. The Morgan fingerprint density at radius 3 is 2.77 bits per heavy atom. The summed E-state index contributed by atoms with van der Waals surface area (Å²) < 4.78 is 33.5. The van der Waals surface area contributed by atoms with E-state index in [-0.39, 0.29) is 28.7 Å². The number of rotatable bonds is 2. The Morgan fingerprint density at radius 1 is 1.14 bits per heavy atom. The number of fused-ring (bicyclic) bond motifs is 5. The van der Waals surface area contributed by atoms with Crippen molar-refractivity contribution in [3.8, 4) is 11.5 Å². The minimum absolute atomic E-state index is 0.0133. The SMILES string of the molecule is NC1NCNC2C1C=CN2c1oc2c(c1O)O[PH](O)(O)O/C=C1/OC(n3cnc4c(=O)[nH]ccc43)=C(O[PH](O)(O)OC2)[C@@H]1O. The normalized spacial score (nSPS) is 30.2. The van der Waals surface area contributed by atoms with Crippen LogP contribution in [0.4, 0.5) is 5.88 Å². The number of anilines is 1. The van der Waals surface area contributed by atoms with E-state index in [1.807, 2.05) is 0 Å². The molecule has 7 heterocycles. The van der Waals surface area contributed by atoms with E-state index in [1.165, 1.54) is 21.7 Å². The molecule has 3 aromatic heterocycles. The van der Waals surface area contributed by atoms with Crippen molar-refractivity contribution in [3.63, 3.8) is 0 Å². The summed E-state index contributed by atoms with van der Waals surface area (Å²) in [5.74, 6) is -3.65. The van der Waals surface area contributed by atoms with Gasteiger partial charge in [-0.15, -0.1) is 0 Å². The standard InChI is InChI=1S/C22H27N7O13P2/c23-18-9-2-4-28(19(9)26-7-25-18)21-15(31)16-12(40-21)6-38-44(35,36)42-17-14(30)11(5-37-43(33,34)41-16)39-22(17)29-8-27-13-10(29)1-3-24-20(13)32/h1-5,8-9,14,18-19,25-26,30-31,33-36,43-44H,6-7,23H2,(H,24,32)/b11-5+/t9?,14-,18?,19?/m1/s1. The van der Waals surface area contributed by atoms with E-state index in [9.17, 15) is 34.6 Å². The second kappa shape index (κ2) is 10.4. The van der Waals surface area contributed by atoms with E-state index in [0.717, 1.165) is 6.33 Å². The van der Waals surface area contributed by atoms with Crippen LogP contribution in [-0.2, 0) is 24.9 Å². The number of hydrogen-bond donors (Lipinski definition) is 10. The quantitative estimate of drug-likeness (QED) is 0.140. The van der Waals surface area contributed by atoms with Gasteiger partial charge >= 0.3 is 246 Å². The van der Waals surface area contributed by atoms with Crippen molar-refractivity contribution < 1.29 is 57.0 Å². The topological polar surface area (TPSA) is 285 Å². The molecule has 2 bridgehead atoms. The minimum atomic E-state index is -5.24. The van der Waals surface area contributed by atoms with Crippen LogP contribution in [0, 0.1) is 5.92 Å². The Bertz CT molecular complexity index is 1780. The van der Waals surface area contributed by atoms with E-state index >= 15 is 0 Å². The van der Waals surface area contributed by atoms with Crippen molar-refractivity contribution in [3.05, 3.63) is 64.8 Å². The number of aliphatic hydroxyl groups is 1. The molecule has 0 aromatic carbocycles. The Balaban J connectivity index is 1.26. The van der Waals surface area contributed by atoms with Crippen LogP contribution < -0.4 is 31.4 Å². The predicted octanol–water partition coefficient (Wildman–Crippen LogP) is -1.48. The number of nitrogens with zero attached hydrogens (tertiary/aromatic N) is 3. The van der Waals surface area contributed by atoms with Gasteiger partial charge in [0.05, 0.1) is 0 Å². The monoisotopic (exact) mass is 659 g/mol. The molecule has 7 rings (SSSR count). The van der Waals surface area contributed by atoms with Crippen molar-refractivity contribution >= 4 is 39.1 Å². The average Bonchev–Trinajstić information content (AvgIpc) is 3.73. The van der Waals surface area contributed by atoms with E-state index in [1.54, 1.807) is 12.3 Å². The first kappa shape index (κ1) is 29.0. The van der Waals surface area contributed by atoms with Crippen LogP contribution in [-0.4, -0.2) is 69.4 Å². The molecule has 0 spiro atoms. The molecule has 4 aliphatic heterocycles. The second-order valence-corrected chi connectivity index (χ2v) is 13.1. The van der Waals surface area contributed by atoms with Crippen molar-refractivity contribution in [2.24, 2.45) is 11.7 Å². The van der Waals surface area contributed by atoms with Crippen LogP contribution >= 0.6 is 16.3 Å². The molecule has 20 nitrogen and oxygen atoms in total. The maximum atomic E-state index is 12.2. The molecule has 44 heavy (non-hydrogen) atoms. The molecule has 4 atom stereocenters. The summed E-state index contributed by atoms with van der Waals surface area (Å²) in [6.45, 7) is -0.499. The number of aliphatic hydroxyl groups excluding tert-OH is 1. The summed E-state index contributed by atoms with van der Waals surface area (Å²) in [4.78, 5) is 63.0. The second-order valence-electron chi connectivity index (χ2n) is 9.95. The van der Waals surface area contributed by atoms with E-state index in [2.05, 4.69) is 20.6 Å². The number of aromatic amines is 1. The van der Waals surface area contributed by atoms with Gasteiger partial charge in [0, 0.05) is 0 Å². The van der Waals surface area contributed by atoms with Crippen molar-refractivity contribution in [2.45, 2.75) is 25.0 Å². The van der Waals surface area contributed by atoms with Crippen LogP contribution in [0.3, 0.4) is 0 Å². The zero-order valence-electron chi connectivity index (χ0n) is 22.1.